The highest BCUT2D eigenvalue weighted by atomic mass is 35.5. The molecule has 2 fully saturated rings. The lowest BCUT2D eigenvalue weighted by Crippen LogP contribution is -2.38. The Morgan fingerprint density at radius 1 is 1.24 bits per heavy atom. The molecule has 0 bridgehead atoms. The van der Waals surface area contributed by atoms with Gasteiger partial charge in [0.05, 0.1) is 22.1 Å². The van der Waals surface area contributed by atoms with Gasteiger partial charge in [-0.1, -0.05) is 35.8 Å². The van der Waals surface area contributed by atoms with Crippen molar-refractivity contribution in [2.45, 2.75) is 25.7 Å². The van der Waals surface area contributed by atoms with Crippen molar-refractivity contribution in [3.05, 3.63) is 23.2 Å². The van der Waals surface area contributed by atoms with Gasteiger partial charge in [-0.2, -0.15) is 0 Å². The third-order valence-corrected chi connectivity index (χ3v) is 6.00. The van der Waals surface area contributed by atoms with Gasteiger partial charge in [0.1, 0.15) is 6.54 Å². The maximum atomic E-state index is 12.4. The summed E-state index contributed by atoms with van der Waals surface area (Å²) < 4.78 is 0.863. The Hall–Kier alpha value is -1.99. The lowest BCUT2D eigenvalue weighted by atomic mass is 9.81. The summed E-state index contributed by atoms with van der Waals surface area (Å²) in [5.74, 6) is -1.30. The van der Waals surface area contributed by atoms with Crippen molar-refractivity contribution in [3.63, 3.8) is 0 Å². The highest BCUT2D eigenvalue weighted by molar-refractivity contribution is 7.22. The number of benzene rings is 1. The van der Waals surface area contributed by atoms with Crippen LogP contribution in [0.2, 0.25) is 5.02 Å². The molecule has 130 valence electrons. The first-order valence-electron chi connectivity index (χ1n) is 8.24. The van der Waals surface area contributed by atoms with E-state index in [2.05, 4.69) is 10.3 Å². The number of aromatic nitrogens is 1. The van der Waals surface area contributed by atoms with E-state index in [9.17, 15) is 14.4 Å². The van der Waals surface area contributed by atoms with Crippen molar-refractivity contribution in [2.75, 3.05) is 11.9 Å². The van der Waals surface area contributed by atoms with Gasteiger partial charge in [-0.25, -0.2) is 4.98 Å². The van der Waals surface area contributed by atoms with E-state index < -0.39 is 5.91 Å². The first-order valence-corrected chi connectivity index (χ1v) is 9.43. The molecule has 1 aromatic heterocycles. The van der Waals surface area contributed by atoms with E-state index in [0.717, 1.165) is 40.8 Å². The van der Waals surface area contributed by atoms with Gasteiger partial charge in [-0.05, 0) is 31.0 Å². The Bertz CT molecular complexity index is 857. The van der Waals surface area contributed by atoms with Crippen LogP contribution >= 0.6 is 22.9 Å². The van der Waals surface area contributed by atoms with Gasteiger partial charge >= 0.3 is 0 Å². The molecule has 3 amide bonds. The van der Waals surface area contributed by atoms with Gasteiger partial charge in [-0.15, -0.1) is 0 Å². The van der Waals surface area contributed by atoms with E-state index in [1.807, 2.05) is 0 Å². The Balaban J connectivity index is 1.46. The molecule has 6 nitrogen and oxygen atoms in total. The number of carbonyl (C=O) groups is 3. The molecule has 1 saturated heterocycles. The molecule has 0 unspecified atom stereocenters. The second-order valence-corrected chi connectivity index (χ2v) is 7.91. The Kier molecular flexibility index (Phi) is 4.21. The highest BCUT2D eigenvalue weighted by Gasteiger charge is 2.48. The number of rotatable bonds is 3. The standard InChI is InChI=1S/C17H16ClN3O3S/c18-9-5-6-12-13(7-9)25-17(19-12)20-14(22)8-21-15(23)10-3-1-2-4-11(10)16(21)24/h5-7,10-11H,1-4,8H2,(H,19,20,22)/t10-,11+. The highest BCUT2D eigenvalue weighted by Crippen LogP contribution is 2.38. The zero-order valence-corrected chi connectivity index (χ0v) is 14.9. The van der Waals surface area contributed by atoms with Gasteiger partial charge < -0.3 is 5.32 Å². The Morgan fingerprint density at radius 2 is 1.92 bits per heavy atom. The van der Waals surface area contributed by atoms with Gasteiger partial charge in [0.25, 0.3) is 0 Å². The third kappa shape index (κ3) is 3.02. The topological polar surface area (TPSA) is 79.4 Å². The lowest BCUT2D eigenvalue weighted by molar-refractivity contribution is -0.142. The molecular formula is C17H16ClN3O3S. The molecule has 1 aliphatic carbocycles. The lowest BCUT2D eigenvalue weighted by Gasteiger charge is -2.19. The van der Waals surface area contributed by atoms with Gasteiger partial charge in [0.2, 0.25) is 17.7 Å². The van der Waals surface area contributed by atoms with Crippen molar-refractivity contribution in [3.8, 4) is 0 Å². The zero-order chi connectivity index (χ0) is 17.6. The minimum atomic E-state index is -0.412. The molecule has 2 aromatic rings. The Labute approximate surface area is 153 Å². The molecule has 8 heteroatoms. The second kappa shape index (κ2) is 6.38. The fourth-order valence-electron chi connectivity index (χ4n) is 3.64. The number of hydrogen-bond donors (Lipinski definition) is 1. The predicted octanol–water partition coefficient (Wildman–Crippen LogP) is 3.06. The summed E-state index contributed by atoms with van der Waals surface area (Å²) in [4.78, 5) is 42.5. The van der Waals surface area contributed by atoms with Crippen molar-refractivity contribution in [1.82, 2.24) is 9.88 Å². The number of likely N-dealkylation sites (tertiary alicyclic amines) is 1. The van der Waals surface area contributed by atoms with E-state index in [1.54, 1.807) is 18.2 Å². The summed E-state index contributed by atoms with van der Waals surface area (Å²) in [6.45, 7) is -0.249. The minimum absolute atomic E-state index is 0.207. The summed E-state index contributed by atoms with van der Waals surface area (Å²) >= 11 is 7.25. The fraction of sp³-hybridized carbons (Fsp3) is 0.412. The summed E-state index contributed by atoms with van der Waals surface area (Å²) in [6.07, 6.45) is 3.42. The number of anilines is 1. The van der Waals surface area contributed by atoms with Crippen molar-refractivity contribution < 1.29 is 14.4 Å². The van der Waals surface area contributed by atoms with E-state index >= 15 is 0 Å². The van der Waals surface area contributed by atoms with E-state index in [0.29, 0.717) is 10.2 Å². The fourth-order valence-corrected chi connectivity index (χ4v) is 4.80. The van der Waals surface area contributed by atoms with Crippen LogP contribution in [0.3, 0.4) is 0 Å². The maximum absolute atomic E-state index is 12.4. The van der Waals surface area contributed by atoms with E-state index in [-0.39, 0.29) is 30.2 Å². The van der Waals surface area contributed by atoms with Crippen LogP contribution in [0.25, 0.3) is 10.2 Å². The predicted molar refractivity (Wildman–Crippen MR) is 95.4 cm³/mol. The van der Waals surface area contributed by atoms with Crippen LogP contribution in [0.15, 0.2) is 18.2 Å². The van der Waals surface area contributed by atoms with Crippen LogP contribution < -0.4 is 5.32 Å². The van der Waals surface area contributed by atoms with E-state index in [4.69, 9.17) is 11.6 Å². The summed E-state index contributed by atoms with van der Waals surface area (Å²) in [5.41, 5.74) is 0.740. The van der Waals surface area contributed by atoms with Gasteiger partial charge in [0, 0.05) is 5.02 Å². The molecule has 0 spiro atoms. The van der Waals surface area contributed by atoms with Crippen molar-refractivity contribution in [2.24, 2.45) is 11.8 Å². The average Bonchev–Trinajstić information content (AvgIpc) is 3.09. The van der Waals surface area contributed by atoms with Gasteiger partial charge in [0.15, 0.2) is 5.13 Å². The average molecular weight is 378 g/mol. The number of thiazole rings is 1. The molecule has 1 N–H and O–H groups in total. The SMILES string of the molecule is O=C(CN1C(=O)[C@H]2CCCC[C@H]2C1=O)Nc1nc2ccc(Cl)cc2s1. The molecule has 25 heavy (non-hydrogen) atoms. The van der Waals surface area contributed by atoms with E-state index in [1.165, 1.54) is 11.3 Å². The monoisotopic (exact) mass is 377 g/mol. The van der Waals surface area contributed by atoms with Crippen LogP contribution in [0.1, 0.15) is 25.7 Å². The number of hydrogen-bond acceptors (Lipinski definition) is 5. The number of nitrogens with zero attached hydrogens (tertiary/aromatic N) is 2. The molecule has 0 radical (unpaired) electrons. The van der Waals surface area contributed by atoms with Crippen LogP contribution in [0.4, 0.5) is 5.13 Å². The van der Waals surface area contributed by atoms with Crippen LogP contribution in [-0.4, -0.2) is 34.2 Å². The number of nitrogens with one attached hydrogen (secondary N) is 1. The molecule has 1 saturated carbocycles. The maximum Gasteiger partial charge on any atom is 0.246 e. The quantitative estimate of drug-likeness (QED) is 0.834. The number of halogens is 1. The molecule has 4 rings (SSSR count). The normalized spacial score (nSPS) is 23.2. The van der Waals surface area contributed by atoms with Crippen LogP contribution in [0, 0.1) is 11.8 Å². The number of amides is 3. The molecule has 2 atom stereocenters. The van der Waals surface area contributed by atoms with Gasteiger partial charge in [-0.3, -0.25) is 19.3 Å². The van der Waals surface area contributed by atoms with Crippen LogP contribution in [0.5, 0.6) is 0 Å². The van der Waals surface area contributed by atoms with Crippen molar-refractivity contribution in [1.29, 1.82) is 0 Å². The molecule has 2 heterocycles. The molecular weight excluding hydrogens is 362 g/mol. The first kappa shape index (κ1) is 16.5. The summed E-state index contributed by atoms with van der Waals surface area (Å²) in [6, 6.07) is 5.29. The smallest absolute Gasteiger partial charge is 0.246 e. The van der Waals surface area contributed by atoms with Crippen molar-refractivity contribution >= 4 is 56.0 Å². The number of fused-ring (bicyclic) bond motifs is 2. The summed E-state index contributed by atoms with van der Waals surface area (Å²) in [7, 11) is 0. The summed E-state index contributed by atoms with van der Waals surface area (Å²) in [5, 5.41) is 3.71. The largest absolute Gasteiger partial charge is 0.300 e. The zero-order valence-electron chi connectivity index (χ0n) is 13.3. The Morgan fingerprint density at radius 3 is 2.60 bits per heavy atom. The molecule has 1 aromatic carbocycles. The molecule has 2 aliphatic rings. The second-order valence-electron chi connectivity index (χ2n) is 6.44. The number of imide groups is 1. The van der Waals surface area contributed by atoms with Crippen LogP contribution in [-0.2, 0) is 14.4 Å². The third-order valence-electron chi connectivity index (χ3n) is 4.83. The molecule has 1 aliphatic heterocycles. The number of carbonyl (C=O) groups excluding carboxylic acids is 3. The first-order chi connectivity index (χ1) is 12.0. The minimum Gasteiger partial charge on any atom is -0.300 e.